The summed E-state index contributed by atoms with van der Waals surface area (Å²) in [5.74, 6) is 0. The van der Waals surface area contributed by atoms with Gasteiger partial charge in [-0.3, -0.25) is 0 Å². The quantitative estimate of drug-likeness (QED) is 0.478. The maximum Gasteiger partial charge on any atom is 0.0736 e. The van der Waals surface area contributed by atoms with E-state index >= 15 is 0 Å². The first kappa shape index (κ1) is 16.4. The van der Waals surface area contributed by atoms with Crippen molar-refractivity contribution in [3.05, 3.63) is 66.7 Å². The Balaban J connectivity index is 2.11. The first-order chi connectivity index (χ1) is 12.5. The zero-order chi connectivity index (χ0) is 18.3. The van der Waals surface area contributed by atoms with E-state index in [1.54, 1.807) is 0 Å². The van der Waals surface area contributed by atoms with Crippen LogP contribution in [0.4, 0.5) is 11.4 Å². The van der Waals surface area contributed by atoms with Crippen LogP contribution in [0.5, 0.6) is 0 Å². The molecule has 0 aliphatic heterocycles. The molecular weight excluding hydrogens is 318 g/mol. The monoisotopic (exact) mass is 341 g/mol. The molecule has 0 saturated heterocycles. The molecule has 1 heterocycles. The maximum absolute atomic E-state index is 5.00. The second kappa shape index (κ2) is 6.34. The van der Waals surface area contributed by atoms with Crippen molar-refractivity contribution < 1.29 is 0 Å². The molecule has 3 nitrogen and oxygen atoms in total. The van der Waals surface area contributed by atoms with Crippen LogP contribution in [0, 0.1) is 0 Å². The van der Waals surface area contributed by atoms with E-state index in [1.165, 1.54) is 21.9 Å². The van der Waals surface area contributed by atoms with Crippen LogP contribution < -0.4 is 9.80 Å². The Hall–Kier alpha value is -3.07. The molecule has 0 aliphatic carbocycles. The first-order valence-corrected chi connectivity index (χ1v) is 8.82. The van der Waals surface area contributed by atoms with Crippen molar-refractivity contribution in [1.82, 2.24) is 4.98 Å². The van der Waals surface area contributed by atoms with Crippen LogP contribution in [0.2, 0.25) is 0 Å². The Morgan fingerprint density at radius 2 is 1.12 bits per heavy atom. The van der Waals surface area contributed by atoms with Gasteiger partial charge >= 0.3 is 0 Å². The van der Waals surface area contributed by atoms with Gasteiger partial charge in [-0.15, -0.1) is 0 Å². The third-order valence-corrected chi connectivity index (χ3v) is 4.84. The number of fused-ring (bicyclic) bond motifs is 2. The van der Waals surface area contributed by atoms with Crippen LogP contribution in [-0.2, 0) is 0 Å². The number of pyridine rings is 1. The van der Waals surface area contributed by atoms with Gasteiger partial charge in [0.1, 0.15) is 0 Å². The minimum Gasteiger partial charge on any atom is -0.378 e. The van der Waals surface area contributed by atoms with E-state index in [9.17, 15) is 0 Å². The summed E-state index contributed by atoms with van der Waals surface area (Å²) < 4.78 is 0. The third kappa shape index (κ3) is 2.76. The maximum atomic E-state index is 5.00. The van der Waals surface area contributed by atoms with Crippen molar-refractivity contribution in [3.63, 3.8) is 0 Å². The van der Waals surface area contributed by atoms with E-state index in [-0.39, 0.29) is 0 Å². The molecule has 3 aromatic carbocycles. The fraction of sp³-hybridized carbons (Fsp3) is 0.174. The molecule has 26 heavy (non-hydrogen) atoms. The van der Waals surface area contributed by atoms with Crippen molar-refractivity contribution in [1.29, 1.82) is 0 Å². The van der Waals surface area contributed by atoms with E-state index in [0.717, 1.165) is 22.4 Å². The smallest absolute Gasteiger partial charge is 0.0736 e. The Morgan fingerprint density at radius 1 is 0.615 bits per heavy atom. The SMILES string of the molecule is CN(C)c1ccc2c(-c3ccccc3)c3ccc(N(C)C)cc3nc2c1. The minimum atomic E-state index is 1.03. The Bertz CT molecular complexity index is 1020. The largest absolute Gasteiger partial charge is 0.378 e. The van der Waals surface area contributed by atoms with Crippen molar-refractivity contribution in [2.45, 2.75) is 0 Å². The van der Waals surface area contributed by atoms with Crippen LogP contribution in [0.15, 0.2) is 66.7 Å². The number of benzene rings is 3. The lowest BCUT2D eigenvalue weighted by atomic mass is 9.95. The van der Waals surface area contributed by atoms with E-state index in [4.69, 9.17) is 4.98 Å². The highest BCUT2D eigenvalue weighted by atomic mass is 15.1. The van der Waals surface area contributed by atoms with Crippen LogP contribution in [0.25, 0.3) is 32.9 Å². The molecule has 0 aliphatic rings. The average molecular weight is 341 g/mol. The molecule has 0 spiro atoms. The summed E-state index contributed by atoms with van der Waals surface area (Å²) in [6.45, 7) is 0. The molecule has 0 bridgehead atoms. The van der Waals surface area contributed by atoms with E-state index in [0.29, 0.717) is 0 Å². The lowest BCUT2D eigenvalue weighted by Crippen LogP contribution is -2.09. The molecule has 0 radical (unpaired) electrons. The van der Waals surface area contributed by atoms with Gasteiger partial charge in [0.2, 0.25) is 0 Å². The lowest BCUT2D eigenvalue weighted by Gasteiger charge is -2.17. The summed E-state index contributed by atoms with van der Waals surface area (Å²) in [5.41, 5.74) is 6.84. The molecular formula is C23H23N3. The standard InChI is InChI=1S/C23H23N3/c1-25(2)17-10-12-19-21(14-17)24-22-15-18(26(3)4)11-13-20(22)23(19)16-8-6-5-7-9-16/h5-15H,1-4H3. The van der Waals surface area contributed by atoms with Gasteiger partial charge in [-0.1, -0.05) is 42.5 Å². The number of anilines is 2. The number of aromatic nitrogens is 1. The number of rotatable bonds is 3. The predicted octanol–water partition coefficient (Wildman–Crippen LogP) is 5.19. The second-order valence-electron chi connectivity index (χ2n) is 7.04. The molecule has 3 heteroatoms. The molecule has 130 valence electrons. The number of nitrogens with zero attached hydrogens (tertiary/aromatic N) is 3. The number of hydrogen-bond donors (Lipinski definition) is 0. The molecule has 0 unspecified atom stereocenters. The zero-order valence-corrected chi connectivity index (χ0v) is 15.7. The van der Waals surface area contributed by atoms with Gasteiger partial charge in [-0.05, 0) is 29.8 Å². The Labute approximate surface area is 154 Å². The summed E-state index contributed by atoms with van der Waals surface area (Å²) in [5, 5.41) is 2.37. The van der Waals surface area contributed by atoms with Crippen molar-refractivity contribution in [2.24, 2.45) is 0 Å². The fourth-order valence-electron chi connectivity index (χ4n) is 3.39. The lowest BCUT2D eigenvalue weighted by molar-refractivity contribution is 1.13. The van der Waals surface area contributed by atoms with Gasteiger partial charge in [-0.2, -0.15) is 0 Å². The molecule has 1 aromatic heterocycles. The highest BCUT2D eigenvalue weighted by Crippen LogP contribution is 2.37. The van der Waals surface area contributed by atoms with Crippen LogP contribution >= 0.6 is 0 Å². The van der Waals surface area contributed by atoms with Crippen LogP contribution in [0.3, 0.4) is 0 Å². The van der Waals surface area contributed by atoms with Gasteiger partial charge in [0.05, 0.1) is 11.0 Å². The highest BCUT2D eigenvalue weighted by molar-refractivity contribution is 6.10. The van der Waals surface area contributed by atoms with Gasteiger partial charge < -0.3 is 9.80 Å². The van der Waals surface area contributed by atoms with Gasteiger partial charge in [-0.25, -0.2) is 4.98 Å². The molecule has 0 amide bonds. The molecule has 4 aromatic rings. The minimum absolute atomic E-state index is 1.03. The molecule has 0 saturated carbocycles. The van der Waals surface area contributed by atoms with Gasteiger partial charge in [0, 0.05) is 55.9 Å². The average Bonchev–Trinajstić information content (AvgIpc) is 2.65. The number of hydrogen-bond acceptors (Lipinski definition) is 3. The predicted molar refractivity (Wildman–Crippen MR) is 113 cm³/mol. The molecule has 0 atom stereocenters. The Kier molecular flexibility index (Phi) is 4.00. The highest BCUT2D eigenvalue weighted by Gasteiger charge is 2.13. The van der Waals surface area contributed by atoms with Crippen LogP contribution in [-0.4, -0.2) is 33.2 Å². The summed E-state index contributed by atoms with van der Waals surface area (Å²) >= 11 is 0. The molecule has 4 rings (SSSR count). The van der Waals surface area contributed by atoms with E-state index in [2.05, 4.69) is 105 Å². The fourth-order valence-corrected chi connectivity index (χ4v) is 3.39. The first-order valence-electron chi connectivity index (χ1n) is 8.82. The zero-order valence-electron chi connectivity index (χ0n) is 15.7. The van der Waals surface area contributed by atoms with Crippen molar-refractivity contribution in [2.75, 3.05) is 38.0 Å². The molecule has 0 N–H and O–H groups in total. The van der Waals surface area contributed by atoms with Gasteiger partial charge in [0.25, 0.3) is 0 Å². The van der Waals surface area contributed by atoms with Crippen LogP contribution in [0.1, 0.15) is 0 Å². The molecule has 0 fully saturated rings. The summed E-state index contributed by atoms with van der Waals surface area (Å²) in [6, 6.07) is 23.6. The van der Waals surface area contributed by atoms with Crippen molar-refractivity contribution >= 4 is 33.2 Å². The summed E-state index contributed by atoms with van der Waals surface area (Å²) in [6.07, 6.45) is 0. The summed E-state index contributed by atoms with van der Waals surface area (Å²) in [7, 11) is 8.24. The topological polar surface area (TPSA) is 19.4 Å². The summed E-state index contributed by atoms with van der Waals surface area (Å²) in [4.78, 5) is 9.23. The van der Waals surface area contributed by atoms with Gasteiger partial charge in [0.15, 0.2) is 0 Å². The van der Waals surface area contributed by atoms with E-state index < -0.39 is 0 Å². The van der Waals surface area contributed by atoms with E-state index in [1.807, 2.05) is 0 Å². The second-order valence-corrected chi connectivity index (χ2v) is 7.04. The Morgan fingerprint density at radius 3 is 1.58 bits per heavy atom. The normalized spacial score (nSPS) is 11.1. The van der Waals surface area contributed by atoms with Crippen molar-refractivity contribution in [3.8, 4) is 11.1 Å². The third-order valence-electron chi connectivity index (χ3n) is 4.84.